The Bertz CT molecular complexity index is 1090. The van der Waals surface area contributed by atoms with Crippen molar-refractivity contribution >= 4 is 17.8 Å². The minimum Gasteiger partial charge on any atom is -0.461 e. The number of nitrogens with zero attached hydrogens (tertiary/aromatic N) is 3. The maximum absolute atomic E-state index is 14.6. The molecule has 1 aromatic heterocycles. The number of halogens is 1. The Morgan fingerprint density at radius 3 is 2.54 bits per heavy atom. The molecule has 1 aromatic carbocycles. The van der Waals surface area contributed by atoms with Crippen LogP contribution in [-0.2, 0) is 22.6 Å². The summed E-state index contributed by atoms with van der Waals surface area (Å²) in [5.41, 5.74) is -0.845. The van der Waals surface area contributed by atoms with Gasteiger partial charge in [-0.25, -0.2) is 9.18 Å². The summed E-state index contributed by atoms with van der Waals surface area (Å²) in [5.74, 6) is -1.87. The zero-order valence-corrected chi connectivity index (χ0v) is 20.4. The molecule has 1 aliphatic heterocycles. The summed E-state index contributed by atoms with van der Waals surface area (Å²) in [6.45, 7) is 3.50. The molecular weight excluding hydrogens is 451 g/mol. The average Bonchev–Trinajstić information content (AvgIpc) is 3.23. The fourth-order valence-electron chi connectivity index (χ4n) is 4.93. The molecule has 2 amide bonds. The van der Waals surface area contributed by atoms with E-state index in [0.29, 0.717) is 5.56 Å². The third-order valence-electron chi connectivity index (χ3n) is 7.00. The van der Waals surface area contributed by atoms with Gasteiger partial charge in [0.15, 0.2) is 5.69 Å². The molecule has 1 atom stereocenters. The smallest absolute Gasteiger partial charge is 0.358 e. The van der Waals surface area contributed by atoms with E-state index in [1.807, 2.05) is 0 Å². The van der Waals surface area contributed by atoms with Gasteiger partial charge in [0.25, 0.3) is 5.91 Å². The molecular formula is C26H33FN4O4. The molecule has 1 fully saturated rings. The quantitative estimate of drug-likeness (QED) is 0.629. The van der Waals surface area contributed by atoms with Crippen molar-refractivity contribution in [1.82, 2.24) is 20.0 Å². The number of hydrogen-bond donors (Lipinski definition) is 1. The number of benzene rings is 1. The van der Waals surface area contributed by atoms with Crippen LogP contribution in [0.4, 0.5) is 4.39 Å². The van der Waals surface area contributed by atoms with Crippen LogP contribution in [-0.4, -0.2) is 50.7 Å². The summed E-state index contributed by atoms with van der Waals surface area (Å²) in [5, 5.41) is 7.44. The molecule has 0 unspecified atom stereocenters. The van der Waals surface area contributed by atoms with Crippen LogP contribution in [0.3, 0.4) is 0 Å². The van der Waals surface area contributed by atoms with Gasteiger partial charge in [-0.1, -0.05) is 50.3 Å². The number of aromatic nitrogens is 2. The normalized spacial score (nSPS) is 21.1. The van der Waals surface area contributed by atoms with E-state index in [-0.39, 0.29) is 43.0 Å². The molecule has 8 nitrogen and oxygen atoms in total. The highest BCUT2D eigenvalue weighted by Crippen LogP contribution is 2.31. The van der Waals surface area contributed by atoms with E-state index in [1.54, 1.807) is 32.0 Å². The van der Waals surface area contributed by atoms with E-state index < -0.39 is 23.2 Å². The van der Waals surface area contributed by atoms with E-state index in [0.717, 1.165) is 38.5 Å². The topological polar surface area (TPSA) is 93.5 Å². The Morgan fingerprint density at radius 2 is 1.86 bits per heavy atom. The summed E-state index contributed by atoms with van der Waals surface area (Å²) in [6, 6.07) is 7.62. The minimum atomic E-state index is -1.33. The maximum atomic E-state index is 14.6. The molecule has 4 rings (SSSR count). The van der Waals surface area contributed by atoms with Gasteiger partial charge in [-0.05, 0) is 32.8 Å². The molecule has 35 heavy (non-hydrogen) atoms. The van der Waals surface area contributed by atoms with Gasteiger partial charge in [0.2, 0.25) is 5.91 Å². The lowest BCUT2D eigenvalue weighted by Crippen LogP contribution is -2.64. The number of nitrogens with one attached hydrogen (secondary N) is 1. The third kappa shape index (κ3) is 5.23. The van der Waals surface area contributed by atoms with Gasteiger partial charge in [0, 0.05) is 17.7 Å². The number of carbonyl (C=O) groups is 3. The van der Waals surface area contributed by atoms with Crippen molar-refractivity contribution in [2.24, 2.45) is 0 Å². The van der Waals surface area contributed by atoms with E-state index >= 15 is 0 Å². The number of amides is 2. The van der Waals surface area contributed by atoms with Crippen LogP contribution in [0.15, 0.2) is 30.3 Å². The van der Waals surface area contributed by atoms with E-state index in [9.17, 15) is 18.8 Å². The lowest BCUT2D eigenvalue weighted by molar-refractivity contribution is -0.134. The van der Waals surface area contributed by atoms with Crippen LogP contribution >= 0.6 is 0 Å². The maximum Gasteiger partial charge on any atom is 0.358 e. The van der Waals surface area contributed by atoms with Crippen LogP contribution < -0.4 is 5.32 Å². The summed E-state index contributed by atoms with van der Waals surface area (Å²) in [6.07, 6.45) is 7.39. The van der Waals surface area contributed by atoms with Gasteiger partial charge < -0.3 is 15.0 Å². The van der Waals surface area contributed by atoms with Crippen LogP contribution in [0.5, 0.6) is 0 Å². The Labute approximate surface area is 204 Å². The SMILES string of the molecule is CCOC(=O)c1cc2n(n1)C[C@](C)(C(=O)NC1CCCCCCC1)N(Cc1ccccc1F)C2=O. The molecule has 0 radical (unpaired) electrons. The zero-order chi connectivity index (χ0) is 25.0. The van der Waals surface area contributed by atoms with Crippen molar-refractivity contribution in [2.45, 2.75) is 83.5 Å². The van der Waals surface area contributed by atoms with Gasteiger partial charge in [0.05, 0.1) is 19.7 Å². The minimum absolute atomic E-state index is 0.00529. The van der Waals surface area contributed by atoms with E-state index in [2.05, 4.69) is 10.4 Å². The Hall–Kier alpha value is -3.23. The Morgan fingerprint density at radius 1 is 1.17 bits per heavy atom. The highest BCUT2D eigenvalue weighted by molar-refractivity contribution is 6.01. The summed E-state index contributed by atoms with van der Waals surface area (Å²) in [7, 11) is 0. The molecule has 0 bridgehead atoms. The number of fused-ring (bicyclic) bond motifs is 1. The highest BCUT2D eigenvalue weighted by Gasteiger charge is 2.48. The first kappa shape index (κ1) is 24.9. The fraction of sp³-hybridized carbons (Fsp3) is 0.538. The predicted molar refractivity (Wildman–Crippen MR) is 127 cm³/mol. The molecule has 2 aliphatic rings. The summed E-state index contributed by atoms with van der Waals surface area (Å²) in [4.78, 5) is 41.0. The van der Waals surface area contributed by atoms with Gasteiger partial charge in [-0.3, -0.25) is 14.3 Å². The van der Waals surface area contributed by atoms with Crippen molar-refractivity contribution in [3.05, 3.63) is 53.1 Å². The molecule has 188 valence electrons. The zero-order valence-electron chi connectivity index (χ0n) is 20.4. The molecule has 9 heteroatoms. The fourth-order valence-corrected chi connectivity index (χ4v) is 4.93. The van der Waals surface area contributed by atoms with Crippen molar-refractivity contribution < 1.29 is 23.5 Å². The number of hydrogen-bond acceptors (Lipinski definition) is 5. The monoisotopic (exact) mass is 484 g/mol. The number of ether oxygens (including phenoxy) is 1. The van der Waals surface area contributed by atoms with Crippen molar-refractivity contribution in [1.29, 1.82) is 0 Å². The first-order chi connectivity index (χ1) is 16.8. The van der Waals surface area contributed by atoms with Gasteiger partial charge in [-0.15, -0.1) is 0 Å². The average molecular weight is 485 g/mol. The summed E-state index contributed by atoms with van der Waals surface area (Å²) >= 11 is 0. The lowest BCUT2D eigenvalue weighted by Gasteiger charge is -2.44. The number of carbonyl (C=O) groups excluding carboxylic acids is 3. The number of rotatable bonds is 6. The molecule has 0 saturated heterocycles. The van der Waals surface area contributed by atoms with Crippen molar-refractivity contribution in [2.75, 3.05) is 6.61 Å². The van der Waals surface area contributed by atoms with Crippen LogP contribution in [0.25, 0.3) is 0 Å². The molecule has 1 N–H and O–H groups in total. The van der Waals surface area contributed by atoms with Gasteiger partial charge >= 0.3 is 5.97 Å². The molecule has 1 aliphatic carbocycles. The molecule has 2 aromatic rings. The van der Waals surface area contributed by atoms with Crippen LogP contribution in [0, 0.1) is 5.82 Å². The Balaban J connectivity index is 1.67. The van der Waals surface area contributed by atoms with Gasteiger partial charge in [-0.2, -0.15) is 5.10 Å². The van der Waals surface area contributed by atoms with E-state index in [4.69, 9.17) is 4.74 Å². The number of esters is 1. The Kier molecular flexibility index (Phi) is 7.52. The predicted octanol–water partition coefficient (Wildman–Crippen LogP) is 3.84. The van der Waals surface area contributed by atoms with Crippen molar-refractivity contribution in [3.63, 3.8) is 0 Å². The second-order valence-electron chi connectivity index (χ2n) is 9.57. The second-order valence-corrected chi connectivity index (χ2v) is 9.57. The van der Waals surface area contributed by atoms with Crippen LogP contribution in [0.1, 0.15) is 85.3 Å². The largest absolute Gasteiger partial charge is 0.461 e. The molecule has 2 heterocycles. The first-order valence-electron chi connectivity index (χ1n) is 12.4. The van der Waals surface area contributed by atoms with E-state index in [1.165, 1.54) is 28.1 Å². The summed E-state index contributed by atoms with van der Waals surface area (Å²) < 4.78 is 21.0. The van der Waals surface area contributed by atoms with Gasteiger partial charge in [0.1, 0.15) is 17.1 Å². The molecule has 1 saturated carbocycles. The highest BCUT2D eigenvalue weighted by atomic mass is 19.1. The van der Waals surface area contributed by atoms with Crippen molar-refractivity contribution in [3.8, 4) is 0 Å². The second kappa shape index (κ2) is 10.6. The van der Waals surface area contributed by atoms with Crippen LogP contribution in [0.2, 0.25) is 0 Å². The first-order valence-corrected chi connectivity index (χ1v) is 12.4. The third-order valence-corrected chi connectivity index (χ3v) is 7.00. The lowest BCUT2D eigenvalue weighted by atomic mass is 9.91. The standard InChI is InChI=1S/C26H33FN4O4/c1-3-35-24(33)21-15-22-23(32)30(16-18-11-9-10-14-20(18)27)26(2,17-31(22)29-21)25(34)28-19-12-7-5-4-6-8-13-19/h9-11,14-15,19H,3-8,12-13,16-17H2,1-2H3,(H,28,34)/t26-/m1/s1. The molecule has 0 spiro atoms.